The lowest BCUT2D eigenvalue weighted by molar-refractivity contribution is 0.590. The van der Waals surface area contributed by atoms with Gasteiger partial charge in [-0.2, -0.15) is 0 Å². The van der Waals surface area contributed by atoms with Crippen LogP contribution in [0.5, 0.6) is 0 Å². The Morgan fingerprint density at radius 3 is 1.17 bits per heavy atom. The van der Waals surface area contributed by atoms with E-state index < -0.39 is 0 Å². The number of rotatable bonds is 2. The standard InChI is InChI=1S/C44H34Br4/c1-43(2,3)35-19-17-33(25-39(45)46)31(23-35)15-9-27-7-11-29-13-14-30-12-8-28(38-22-21-37(27)41(29)42(30)38)10-16-32-24-36(44(4,5)6)20-18-34(32)26-40(47)48/h7-8,11-14,17-26H,1-6H3. The highest BCUT2D eigenvalue weighted by Crippen LogP contribution is 2.37. The average molecular weight is 882 g/mol. The van der Waals surface area contributed by atoms with Crippen LogP contribution in [0.15, 0.2) is 91.7 Å². The van der Waals surface area contributed by atoms with Crippen LogP contribution in [-0.4, -0.2) is 0 Å². The predicted octanol–water partition coefficient (Wildman–Crippen LogP) is 14.2. The molecule has 0 unspecified atom stereocenters. The van der Waals surface area contributed by atoms with Gasteiger partial charge in [-0.3, -0.25) is 0 Å². The zero-order valence-corrected chi connectivity index (χ0v) is 34.1. The molecule has 0 saturated heterocycles. The Balaban J connectivity index is 1.51. The van der Waals surface area contributed by atoms with Crippen molar-refractivity contribution in [1.29, 1.82) is 0 Å². The largest absolute Gasteiger partial charge is 0.0610 e. The lowest BCUT2D eigenvalue weighted by atomic mass is 9.85. The summed E-state index contributed by atoms with van der Waals surface area (Å²) in [6, 6.07) is 30.7. The molecule has 0 spiro atoms. The van der Waals surface area contributed by atoms with Crippen molar-refractivity contribution in [1.82, 2.24) is 0 Å². The molecule has 6 aromatic carbocycles. The van der Waals surface area contributed by atoms with E-state index in [0.717, 1.165) is 50.9 Å². The second kappa shape index (κ2) is 13.7. The van der Waals surface area contributed by atoms with Gasteiger partial charge in [0, 0.05) is 22.3 Å². The van der Waals surface area contributed by atoms with Crippen LogP contribution in [0.4, 0.5) is 0 Å². The SMILES string of the molecule is CC(C)(C)c1ccc(C=C(Br)Br)c(C#Cc2ccc3ccc4ccc(C#Cc5cc(C(C)(C)C)ccc5C=C(Br)Br)c5ccc2c3c45)c1. The van der Waals surface area contributed by atoms with Crippen molar-refractivity contribution in [3.63, 3.8) is 0 Å². The van der Waals surface area contributed by atoms with Gasteiger partial charge in [0.1, 0.15) is 0 Å². The molecule has 48 heavy (non-hydrogen) atoms. The molecule has 0 aliphatic rings. The Kier molecular flexibility index (Phi) is 9.88. The maximum absolute atomic E-state index is 3.56. The molecule has 4 heteroatoms. The molecule has 0 saturated carbocycles. The Morgan fingerprint density at radius 1 is 0.458 bits per heavy atom. The monoisotopic (exact) mass is 878 g/mol. The smallest absolute Gasteiger partial charge is 0.0610 e. The predicted molar refractivity (Wildman–Crippen MR) is 224 cm³/mol. The van der Waals surface area contributed by atoms with Crippen molar-refractivity contribution in [2.75, 3.05) is 0 Å². The third-order valence-electron chi connectivity index (χ3n) is 8.70. The molecule has 0 N–H and O–H groups in total. The molecular formula is C44H34Br4. The Hall–Kier alpha value is -3.12. The van der Waals surface area contributed by atoms with Crippen LogP contribution in [0.3, 0.4) is 0 Å². The first-order valence-electron chi connectivity index (χ1n) is 15.8. The summed E-state index contributed by atoms with van der Waals surface area (Å²) in [5, 5.41) is 7.17. The van der Waals surface area contributed by atoms with Gasteiger partial charge in [0.25, 0.3) is 0 Å². The first-order valence-corrected chi connectivity index (χ1v) is 19.0. The van der Waals surface area contributed by atoms with Crippen LogP contribution < -0.4 is 0 Å². The van der Waals surface area contributed by atoms with Crippen molar-refractivity contribution in [3.8, 4) is 23.7 Å². The Morgan fingerprint density at radius 2 is 0.812 bits per heavy atom. The van der Waals surface area contributed by atoms with Gasteiger partial charge in [-0.25, -0.2) is 0 Å². The molecule has 6 aromatic rings. The van der Waals surface area contributed by atoms with Crippen LogP contribution in [-0.2, 0) is 10.8 Å². The summed E-state index contributed by atoms with van der Waals surface area (Å²) in [5.41, 5.74) is 8.71. The minimum Gasteiger partial charge on any atom is -0.0610 e. The van der Waals surface area contributed by atoms with E-state index in [-0.39, 0.29) is 10.8 Å². The van der Waals surface area contributed by atoms with Gasteiger partial charge >= 0.3 is 0 Å². The van der Waals surface area contributed by atoms with Crippen LogP contribution in [0.1, 0.15) is 86.1 Å². The van der Waals surface area contributed by atoms with Crippen LogP contribution >= 0.6 is 63.7 Å². The summed E-state index contributed by atoms with van der Waals surface area (Å²) < 4.78 is 1.77. The summed E-state index contributed by atoms with van der Waals surface area (Å²) >= 11 is 14.1. The van der Waals surface area contributed by atoms with E-state index in [4.69, 9.17) is 0 Å². The summed E-state index contributed by atoms with van der Waals surface area (Å²) in [4.78, 5) is 0. The van der Waals surface area contributed by atoms with Crippen molar-refractivity contribution < 1.29 is 0 Å². The second-order valence-corrected chi connectivity index (χ2v) is 19.7. The van der Waals surface area contributed by atoms with E-state index in [9.17, 15) is 0 Å². The second-order valence-electron chi connectivity index (χ2n) is 14.1. The number of halogens is 4. The zero-order chi connectivity index (χ0) is 34.4. The molecule has 0 aromatic heterocycles. The van der Waals surface area contributed by atoms with Crippen LogP contribution in [0, 0.1) is 23.7 Å². The molecule has 0 heterocycles. The summed E-state index contributed by atoms with van der Waals surface area (Å²) in [6.07, 6.45) is 4.11. The lowest BCUT2D eigenvalue weighted by Crippen LogP contribution is -2.11. The topological polar surface area (TPSA) is 0 Å². The third-order valence-corrected chi connectivity index (χ3v) is 9.61. The third kappa shape index (κ3) is 7.39. The number of benzene rings is 6. The Labute approximate surface area is 317 Å². The van der Waals surface area contributed by atoms with E-state index in [1.165, 1.54) is 32.7 Å². The Bertz CT molecular complexity index is 2230. The molecule has 0 aliphatic carbocycles. The highest BCUT2D eigenvalue weighted by molar-refractivity contribution is 9.28. The minimum atomic E-state index is 0.0241. The van der Waals surface area contributed by atoms with Crippen LogP contribution in [0.2, 0.25) is 0 Å². The first-order chi connectivity index (χ1) is 22.7. The average Bonchev–Trinajstić information content (AvgIpc) is 3.01. The van der Waals surface area contributed by atoms with Gasteiger partial charge in [0.05, 0.1) is 6.78 Å². The van der Waals surface area contributed by atoms with E-state index >= 15 is 0 Å². The molecule has 0 radical (unpaired) electrons. The molecule has 0 bridgehead atoms. The maximum Gasteiger partial charge on any atom is 0.0610 e. The van der Waals surface area contributed by atoms with Gasteiger partial charge in [-0.1, -0.05) is 126 Å². The fourth-order valence-corrected chi connectivity index (χ4v) is 7.02. The maximum atomic E-state index is 3.56. The van der Waals surface area contributed by atoms with E-state index in [0.29, 0.717) is 0 Å². The number of hydrogen-bond acceptors (Lipinski definition) is 0. The van der Waals surface area contributed by atoms with Crippen LogP contribution in [0.25, 0.3) is 44.5 Å². The van der Waals surface area contributed by atoms with Gasteiger partial charge in [-0.15, -0.1) is 0 Å². The zero-order valence-electron chi connectivity index (χ0n) is 27.7. The van der Waals surface area contributed by atoms with E-state index in [1.54, 1.807) is 0 Å². The highest BCUT2D eigenvalue weighted by Gasteiger charge is 2.17. The normalized spacial score (nSPS) is 11.6. The van der Waals surface area contributed by atoms with Gasteiger partial charge in [0.2, 0.25) is 0 Å². The van der Waals surface area contributed by atoms with Crippen molar-refractivity contribution >= 4 is 108 Å². The lowest BCUT2D eigenvalue weighted by Gasteiger charge is -2.20. The summed E-state index contributed by atoms with van der Waals surface area (Å²) in [6.45, 7) is 13.4. The molecule has 0 atom stereocenters. The van der Waals surface area contributed by atoms with Gasteiger partial charge in [-0.05, 0) is 166 Å². The minimum absolute atomic E-state index is 0.0241. The van der Waals surface area contributed by atoms with Gasteiger partial charge in [0.15, 0.2) is 0 Å². The molecule has 0 amide bonds. The van der Waals surface area contributed by atoms with E-state index in [2.05, 4.69) is 226 Å². The summed E-state index contributed by atoms with van der Waals surface area (Å²) in [7, 11) is 0. The molecule has 0 fully saturated rings. The molecule has 238 valence electrons. The molecule has 0 aliphatic heterocycles. The van der Waals surface area contributed by atoms with E-state index in [1.807, 2.05) is 0 Å². The molecular weight excluding hydrogens is 848 g/mol. The van der Waals surface area contributed by atoms with Gasteiger partial charge < -0.3 is 0 Å². The fraction of sp³-hybridized carbons (Fsp3) is 0.182. The quantitative estimate of drug-likeness (QED) is 0.120. The first kappa shape index (κ1) is 34.7. The van der Waals surface area contributed by atoms with Crippen molar-refractivity contribution in [2.45, 2.75) is 52.4 Å². The fourth-order valence-electron chi connectivity index (χ4n) is 6.04. The van der Waals surface area contributed by atoms with Crippen molar-refractivity contribution in [3.05, 3.63) is 136 Å². The summed E-state index contributed by atoms with van der Waals surface area (Å²) in [5.74, 6) is 14.2. The number of hydrogen-bond donors (Lipinski definition) is 0. The highest BCUT2D eigenvalue weighted by atomic mass is 79.9. The molecule has 6 rings (SSSR count). The molecule has 0 nitrogen and oxygen atoms in total. The van der Waals surface area contributed by atoms with Crippen molar-refractivity contribution in [2.24, 2.45) is 0 Å².